The van der Waals surface area contributed by atoms with Crippen LogP contribution in [0.4, 0.5) is 0 Å². The normalized spacial score (nSPS) is 17.9. The Balaban J connectivity index is 1.14. The van der Waals surface area contributed by atoms with Crippen LogP contribution in [0, 0.1) is 0 Å². The van der Waals surface area contributed by atoms with Crippen LogP contribution in [0.15, 0.2) is 35.4 Å². The van der Waals surface area contributed by atoms with Crippen molar-refractivity contribution in [3.63, 3.8) is 0 Å². The summed E-state index contributed by atoms with van der Waals surface area (Å²) in [6.07, 6.45) is 8.40. The lowest BCUT2D eigenvalue weighted by Gasteiger charge is -2.34. The van der Waals surface area contributed by atoms with E-state index in [1.54, 1.807) is 27.7 Å². The molecule has 158 valence electrons. The van der Waals surface area contributed by atoms with Crippen molar-refractivity contribution in [1.82, 2.24) is 39.6 Å². The Morgan fingerprint density at radius 1 is 1.00 bits per heavy atom. The molecule has 3 aromatic heterocycles. The van der Waals surface area contributed by atoms with Gasteiger partial charge < -0.3 is 0 Å². The van der Waals surface area contributed by atoms with Crippen molar-refractivity contribution in [2.24, 2.45) is 0 Å². The van der Waals surface area contributed by atoms with E-state index in [-0.39, 0.29) is 5.56 Å². The van der Waals surface area contributed by atoms with Crippen LogP contribution < -0.4 is 5.56 Å². The first kappa shape index (κ1) is 19.2. The summed E-state index contributed by atoms with van der Waals surface area (Å²) in [7, 11) is 0. The highest BCUT2D eigenvalue weighted by atomic mass is 16.1. The molecule has 1 saturated heterocycles. The lowest BCUT2D eigenvalue weighted by atomic mass is 9.96. The Morgan fingerprint density at radius 3 is 2.67 bits per heavy atom. The maximum atomic E-state index is 12.2. The number of aromatic nitrogens is 6. The van der Waals surface area contributed by atoms with Gasteiger partial charge in [0.05, 0.1) is 12.2 Å². The maximum Gasteiger partial charge on any atom is 0.266 e. The zero-order chi connectivity index (χ0) is 20.3. The fourth-order valence-corrected chi connectivity index (χ4v) is 4.42. The highest BCUT2D eigenvalue weighted by Gasteiger charge is 2.22. The van der Waals surface area contributed by atoms with Gasteiger partial charge in [-0.15, -0.1) is 5.10 Å². The number of nitrogens with one attached hydrogen (secondary N) is 1. The van der Waals surface area contributed by atoms with Crippen molar-refractivity contribution < 1.29 is 0 Å². The molecule has 5 rings (SSSR count). The Morgan fingerprint density at radius 2 is 1.83 bits per heavy atom. The summed E-state index contributed by atoms with van der Waals surface area (Å²) < 4.78 is 3.21. The number of nitrogens with zero attached hydrogens (tertiary/aromatic N) is 7. The van der Waals surface area contributed by atoms with E-state index in [9.17, 15) is 4.79 Å². The van der Waals surface area contributed by atoms with Crippen molar-refractivity contribution in [2.45, 2.75) is 38.8 Å². The van der Waals surface area contributed by atoms with Crippen molar-refractivity contribution >= 4 is 0 Å². The van der Waals surface area contributed by atoms with E-state index in [0.717, 1.165) is 45.7 Å². The standard InChI is InChI=1S/C21H28N8O/c30-21-7-6-20(28-9-3-8-22-28)25-29(21)15-14-26-10-12-27(13-11-26)16-19-17-4-1-2-5-18(17)23-24-19/h3,6-9H,1-2,4-5,10-16H2,(H,23,24). The molecule has 0 spiro atoms. The zero-order valence-corrected chi connectivity index (χ0v) is 17.2. The van der Waals surface area contributed by atoms with E-state index in [1.165, 1.54) is 36.2 Å². The van der Waals surface area contributed by atoms with Gasteiger partial charge in [-0.1, -0.05) is 0 Å². The van der Waals surface area contributed by atoms with E-state index in [2.05, 4.69) is 30.2 Å². The molecule has 0 aromatic carbocycles. The summed E-state index contributed by atoms with van der Waals surface area (Å²) in [4.78, 5) is 17.1. The van der Waals surface area contributed by atoms with Gasteiger partial charge >= 0.3 is 0 Å². The van der Waals surface area contributed by atoms with Gasteiger partial charge in [-0.05, 0) is 43.4 Å². The second-order valence-corrected chi connectivity index (χ2v) is 8.16. The molecule has 0 atom stereocenters. The van der Waals surface area contributed by atoms with Crippen LogP contribution in [0.1, 0.15) is 29.8 Å². The molecule has 9 nitrogen and oxygen atoms in total. The predicted molar refractivity (Wildman–Crippen MR) is 113 cm³/mol. The molecule has 1 aliphatic heterocycles. The Hall–Kier alpha value is -2.78. The van der Waals surface area contributed by atoms with Gasteiger partial charge in [0, 0.05) is 63.4 Å². The van der Waals surface area contributed by atoms with Crippen LogP contribution in [0.2, 0.25) is 0 Å². The van der Waals surface area contributed by atoms with Crippen molar-refractivity contribution in [3.8, 4) is 5.82 Å². The molecule has 4 heterocycles. The van der Waals surface area contributed by atoms with Gasteiger partial charge in [0.2, 0.25) is 0 Å². The van der Waals surface area contributed by atoms with Crippen LogP contribution >= 0.6 is 0 Å². The van der Waals surface area contributed by atoms with E-state index in [4.69, 9.17) is 0 Å². The molecule has 0 radical (unpaired) electrons. The largest absolute Gasteiger partial charge is 0.299 e. The molecular formula is C21H28N8O. The number of hydrogen-bond acceptors (Lipinski definition) is 6. The van der Waals surface area contributed by atoms with Crippen LogP contribution in [-0.2, 0) is 25.9 Å². The first-order valence-electron chi connectivity index (χ1n) is 10.8. The fraction of sp³-hybridized carbons (Fsp3) is 0.524. The molecule has 30 heavy (non-hydrogen) atoms. The first-order valence-corrected chi connectivity index (χ1v) is 10.8. The van der Waals surface area contributed by atoms with Crippen LogP contribution in [-0.4, -0.2) is 72.3 Å². The van der Waals surface area contributed by atoms with E-state index in [1.807, 2.05) is 12.3 Å². The number of piperazine rings is 1. The second kappa shape index (κ2) is 8.53. The van der Waals surface area contributed by atoms with Crippen molar-refractivity contribution in [1.29, 1.82) is 0 Å². The van der Waals surface area contributed by atoms with Crippen molar-refractivity contribution in [2.75, 3.05) is 32.7 Å². The third kappa shape index (κ3) is 4.08. The van der Waals surface area contributed by atoms with Gasteiger partial charge in [-0.3, -0.25) is 19.7 Å². The lowest BCUT2D eigenvalue weighted by molar-refractivity contribution is 0.121. The molecule has 1 aliphatic carbocycles. The molecule has 0 saturated carbocycles. The smallest absolute Gasteiger partial charge is 0.266 e. The van der Waals surface area contributed by atoms with E-state index >= 15 is 0 Å². The second-order valence-electron chi connectivity index (χ2n) is 8.16. The summed E-state index contributed by atoms with van der Waals surface area (Å²) >= 11 is 0. The average Bonchev–Trinajstić information content (AvgIpc) is 3.45. The molecule has 3 aromatic rings. The van der Waals surface area contributed by atoms with Gasteiger partial charge in [-0.25, -0.2) is 9.36 Å². The number of hydrogen-bond donors (Lipinski definition) is 1. The molecule has 0 bridgehead atoms. The summed E-state index contributed by atoms with van der Waals surface area (Å²) in [5.41, 5.74) is 3.98. The molecule has 0 unspecified atom stereocenters. The third-order valence-corrected chi connectivity index (χ3v) is 6.20. The summed E-state index contributed by atoms with van der Waals surface area (Å²) in [5, 5.41) is 16.5. The summed E-state index contributed by atoms with van der Waals surface area (Å²) in [5.74, 6) is 0.659. The minimum absolute atomic E-state index is 0.0761. The van der Waals surface area contributed by atoms with Gasteiger partial charge in [0.1, 0.15) is 0 Å². The number of fused-ring (bicyclic) bond motifs is 1. The summed E-state index contributed by atoms with van der Waals surface area (Å²) in [6, 6.07) is 5.11. The SMILES string of the molecule is O=c1ccc(-n2cccn2)nn1CCN1CCN(Cc2n[nH]c3c2CCCC3)CC1. The molecule has 0 amide bonds. The van der Waals surface area contributed by atoms with Gasteiger partial charge in [0.15, 0.2) is 5.82 Å². The number of aromatic amines is 1. The zero-order valence-electron chi connectivity index (χ0n) is 17.2. The van der Waals surface area contributed by atoms with Gasteiger partial charge in [0.25, 0.3) is 5.56 Å². The van der Waals surface area contributed by atoms with E-state index < -0.39 is 0 Å². The minimum Gasteiger partial charge on any atom is -0.299 e. The fourth-order valence-electron chi connectivity index (χ4n) is 4.42. The van der Waals surface area contributed by atoms with Crippen LogP contribution in [0.3, 0.4) is 0 Å². The minimum atomic E-state index is -0.0761. The molecular weight excluding hydrogens is 380 g/mol. The average molecular weight is 409 g/mol. The monoisotopic (exact) mass is 408 g/mol. The first-order chi connectivity index (χ1) is 14.8. The topological polar surface area (TPSA) is 87.9 Å². The molecule has 1 fully saturated rings. The number of aryl methyl sites for hydroxylation is 1. The Bertz CT molecular complexity index is 1030. The highest BCUT2D eigenvalue weighted by Crippen LogP contribution is 2.23. The lowest BCUT2D eigenvalue weighted by Crippen LogP contribution is -2.47. The quantitative estimate of drug-likeness (QED) is 0.651. The third-order valence-electron chi connectivity index (χ3n) is 6.20. The highest BCUT2D eigenvalue weighted by molar-refractivity contribution is 5.27. The number of H-pyrrole nitrogens is 1. The van der Waals surface area contributed by atoms with E-state index in [0.29, 0.717) is 12.4 Å². The van der Waals surface area contributed by atoms with Gasteiger partial charge in [-0.2, -0.15) is 10.2 Å². The van der Waals surface area contributed by atoms with Crippen LogP contribution in [0.5, 0.6) is 0 Å². The molecule has 1 N–H and O–H groups in total. The van der Waals surface area contributed by atoms with Crippen molar-refractivity contribution in [3.05, 3.63) is 57.9 Å². The maximum absolute atomic E-state index is 12.2. The molecule has 2 aliphatic rings. The Kier molecular flexibility index (Phi) is 5.46. The summed E-state index contributed by atoms with van der Waals surface area (Å²) in [6.45, 7) is 6.39. The Labute approximate surface area is 175 Å². The molecule has 9 heteroatoms. The predicted octanol–water partition coefficient (Wildman–Crippen LogP) is 0.849. The van der Waals surface area contributed by atoms with Crippen LogP contribution in [0.25, 0.3) is 5.82 Å². The number of rotatable bonds is 6.